The summed E-state index contributed by atoms with van der Waals surface area (Å²) in [5.74, 6) is -0.737. The van der Waals surface area contributed by atoms with Gasteiger partial charge in [0.05, 0.1) is 18.8 Å². The SMILES string of the molecule is CC(=O)O[C@@H](C)C(=O)NCc1cccc(-c2cccc([C@@H]3O[C@H](CN4CCN(Cc5ccccc5)CC4)[C@H](C)[C@H](c4ccc(CO)cc4)O3)c2)c1. The highest BCUT2D eigenvalue weighted by molar-refractivity contribution is 5.82. The van der Waals surface area contributed by atoms with Gasteiger partial charge in [-0.15, -0.1) is 0 Å². The summed E-state index contributed by atoms with van der Waals surface area (Å²) in [5.41, 5.74) is 7.15. The predicted octanol–water partition coefficient (Wildman–Crippen LogP) is 6.02. The zero-order valence-electron chi connectivity index (χ0n) is 29.7. The van der Waals surface area contributed by atoms with Gasteiger partial charge in [-0.25, -0.2) is 0 Å². The Bertz CT molecular complexity index is 1740. The van der Waals surface area contributed by atoms with Gasteiger partial charge in [0, 0.05) is 64.2 Å². The molecular formula is C42H49N3O6. The molecule has 4 aromatic carbocycles. The van der Waals surface area contributed by atoms with E-state index in [1.807, 2.05) is 42.5 Å². The van der Waals surface area contributed by atoms with E-state index in [0.29, 0.717) is 6.54 Å². The third kappa shape index (κ3) is 9.70. The van der Waals surface area contributed by atoms with Crippen molar-refractivity contribution < 1.29 is 28.9 Å². The molecule has 6 rings (SSSR count). The maximum absolute atomic E-state index is 12.4. The summed E-state index contributed by atoms with van der Waals surface area (Å²) in [4.78, 5) is 28.7. The molecule has 2 aliphatic heterocycles. The quantitative estimate of drug-likeness (QED) is 0.174. The molecule has 0 unspecified atom stereocenters. The second-order valence-electron chi connectivity index (χ2n) is 13.7. The molecule has 2 heterocycles. The number of aliphatic hydroxyl groups excluding tert-OH is 1. The average Bonchev–Trinajstić information content (AvgIpc) is 3.16. The van der Waals surface area contributed by atoms with E-state index >= 15 is 0 Å². The number of hydrogen-bond donors (Lipinski definition) is 2. The molecule has 0 aliphatic carbocycles. The van der Waals surface area contributed by atoms with Crippen molar-refractivity contribution in [3.05, 3.63) is 131 Å². The van der Waals surface area contributed by atoms with Crippen molar-refractivity contribution in [3.8, 4) is 11.1 Å². The number of amides is 1. The summed E-state index contributed by atoms with van der Waals surface area (Å²) in [6.45, 7) is 11.1. The third-order valence-corrected chi connectivity index (χ3v) is 9.87. The second-order valence-corrected chi connectivity index (χ2v) is 13.7. The predicted molar refractivity (Wildman–Crippen MR) is 196 cm³/mol. The molecule has 9 heteroatoms. The van der Waals surface area contributed by atoms with Crippen molar-refractivity contribution in [2.45, 2.75) is 65.1 Å². The number of carbonyl (C=O) groups is 2. The number of rotatable bonds is 12. The van der Waals surface area contributed by atoms with Crippen molar-refractivity contribution >= 4 is 11.9 Å². The molecule has 2 aliphatic rings. The van der Waals surface area contributed by atoms with Crippen LogP contribution in [0.5, 0.6) is 0 Å². The van der Waals surface area contributed by atoms with E-state index in [1.54, 1.807) is 6.92 Å². The normalized spacial score (nSPS) is 21.9. The Kier molecular flexibility index (Phi) is 12.3. The smallest absolute Gasteiger partial charge is 0.303 e. The molecule has 9 nitrogen and oxygen atoms in total. The summed E-state index contributed by atoms with van der Waals surface area (Å²) >= 11 is 0. The van der Waals surface area contributed by atoms with Crippen LogP contribution in [-0.4, -0.2) is 71.7 Å². The maximum atomic E-state index is 12.4. The molecule has 0 radical (unpaired) electrons. The second kappa shape index (κ2) is 17.2. The average molecular weight is 692 g/mol. The molecule has 51 heavy (non-hydrogen) atoms. The first-order valence-electron chi connectivity index (χ1n) is 17.9. The summed E-state index contributed by atoms with van der Waals surface area (Å²) in [7, 11) is 0. The minimum absolute atomic E-state index is 0.000263. The van der Waals surface area contributed by atoms with E-state index in [2.05, 4.69) is 82.7 Å². The monoisotopic (exact) mass is 691 g/mol. The molecule has 0 aromatic heterocycles. The molecule has 4 aromatic rings. The molecular weight excluding hydrogens is 642 g/mol. The van der Waals surface area contributed by atoms with Gasteiger partial charge in [-0.05, 0) is 52.4 Å². The first-order valence-corrected chi connectivity index (χ1v) is 17.9. The molecule has 0 bridgehead atoms. The van der Waals surface area contributed by atoms with E-state index in [1.165, 1.54) is 12.5 Å². The fraction of sp³-hybridized carbons (Fsp3) is 0.381. The molecule has 0 saturated carbocycles. The first kappa shape index (κ1) is 36.4. The number of hydrogen-bond acceptors (Lipinski definition) is 8. The van der Waals surface area contributed by atoms with Gasteiger partial charge in [0.25, 0.3) is 5.91 Å². The Morgan fingerprint density at radius 3 is 2.18 bits per heavy atom. The van der Waals surface area contributed by atoms with Crippen molar-refractivity contribution in [3.63, 3.8) is 0 Å². The molecule has 0 spiro atoms. The summed E-state index contributed by atoms with van der Waals surface area (Å²) in [6.07, 6.45) is -1.67. The number of benzene rings is 4. The molecule has 5 atom stereocenters. The van der Waals surface area contributed by atoms with Crippen LogP contribution >= 0.6 is 0 Å². The Labute approximate surface area is 301 Å². The largest absolute Gasteiger partial charge is 0.453 e. The minimum Gasteiger partial charge on any atom is -0.453 e. The van der Waals surface area contributed by atoms with E-state index in [9.17, 15) is 14.7 Å². The number of nitrogens with one attached hydrogen (secondary N) is 1. The molecule has 2 fully saturated rings. The van der Waals surface area contributed by atoms with Gasteiger partial charge in [0.15, 0.2) is 12.4 Å². The highest BCUT2D eigenvalue weighted by Crippen LogP contribution is 2.42. The van der Waals surface area contributed by atoms with Crippen LogP contribution in [0.15, 0.2) is 103 Å². The Morgan fingerprint density at radius 2 is 1.47 bits per heavy atom. The zero-order valence-corrected chi connectivity index (χ0v) is 29.7. The Hall–Kier alpha value is -4.38. The molecule has 2 N–H and O–H groups in total. The van der Waals surface area contributed by atoms with Crippen LogP contribution in [0.3, 0.4) is 0 Å². The zero-order chi connectivity index (χ0) is 35.7. The number of esters is 1. The lowest BCUT2D eigenvalue weighted by Gasteiger charge is -2.44. The summed E-state index contributed by atoms with van der Waals surface area (Å²) < 4.78 is 18.6. The van der Waals surface area contributed by atoms with Crippen LogP contribution in [0.25, 0.3) is 11.1 Å². The van der Waals surface area contributed by atoms with E-state index in [-0.39, 0.29) is 30.6 Å². The lowest BCUT2D eigenvalue weighted by Crippen LogP contribution is -2.51. The highest BCUT2D eigenvalue weighted by atomic mass is 16.7. The van der Waals surface area contributed by atoms with Gasteiger partial charge in [-0.3, -0.25) is 19.4 Å². The maximum Gasteiger partial charge on any atom is 0.303 e. The van der Waals surface area contributed by atoms with E-state index < -0.39 is 18.4 Å². The van der Waals surface area contributed by atoms with Gasteiger partial charge in [-0.2, -0.15) is 0 Å². The van der Waals surface area contributed by atoms with Gasteiger partial charge in [0.2, 0.25) is 0 Å². The van der Waals surface area contributed by atoms with Gasteiger partial charge in [0.1, 0.15) is 0 Å². The van der Waals surface area contributed by atoms with Gasteiger partial charge < -0.3 is 24.6 Å². The van der Waals surface area contributed by atoms with Crippen LogP contribution < -0.4 is 5.32 Å². The fourth-order valence-corrected chi connectivity index (χ4v) is 6.92. The Morgan fingerprint density at radius 1 is 0.804 bits per heavy atom. The van der Waals surface area contributed by atoms with Crippen molar-refractivity contribution in [2.24, 2.45) is 5.92 Å². The number of carbonyl (C=O) groups excluding carboxylic acids is 2. The lowest BCUT2D eigenvalue weighted by atomic mass is 9.89. The summed E-state index contributed by atoms with van der Waals surface area (Å²) in [6, 6.07) is 35.0. The Balaban J connectivity index is 1.17. The summed E-state index contributed by atoms with van der Waals surface area (Å²) in [5, 5.41) is 12.5. The number of piperazine rings is 1. The molecule has 1 amide bonds. The van der Waals surface area contributed by atoms with Crippen LogP contribution in [0.4, 0.5) is 0 Å². The van der Waals surface area contributed by atoms with Crippen LogP contribution in [0, 0.1) is 5.92 Å². The molecule has 2 saturated heterocycles. The van der Waals surface area contributed by atoms with Gasteiger partial charge in [-0.1, -0.05) is 97.9 Å². The number of ether oxygens (including phenoxy) is 3. The van der Waals surface area contributed by atoms with E-state index in [0.717, 1.165) is 72.6 Å². The van der Waals surface area contributed by atoms with Crippen molar-refractivity contribution in [2.75, 3.05) is 32.7 Å². The third-order valence-electron chi connectivity index (χ3n) is 9.87. The van der Waals surface area contributed by atoms with Crippen LogP contribution in [-0.2, 0) is 43.5 Å². The fourth-order valence-electron chi connectivity index (χ4n) is 6.92. The van der Waals surface area contributed by atoms with Gasteiger partial charge >= 0.3 is 5.97 Å². The van der Waals surface area contributed by atoms with Crippen molar-refractivity contribution in [1.29, 1.82) is 0 Å². The molecule has 268 valence electrons. The minimum atomic E-state index is -0.856. The number of aliphatic hydroxyl groups is 1. The van der Waals surface area contributed by atoms with Crippen LogP contribution in [0.2, 0.25) is 0 Å². The topological polar surface area (TPSA) is 101 Å². The first-order chi connectivity index (χ1) is 24.7. The lowest BCUT2D eigenvalue weighted by molar-refractivity contribution is -0.276. The van der Waals surface area contributed by atoms with Crippen LogP contribution in [0.1, 0.15) is 61.0 Å². The number of nitrogens with zero attached hydrogens (tertiary/aromatic N) is 2. The standard InChI is InChI=1S/C42H49N3O6/c1-29-39(27-45-21-19-44(20-22-45)26-32-9-5-4-6-10-32)50-42(51-40(29)35-17-15-33(28-46)16-18-35)38-14-8-13-37(24-38)36-12-7-11-34(23-36)25-43-41(48)30(2)49-31(3)47/h4-18,23-24,29-30,39-40,42,46H,19-22,25-28H2,1-3H3,(H,43,48)/t29-,30-,39+,40+,42+/m0/s1. The highest BCUT2D eigenvalue weighted by Gasteiger charge is 2.39. The van der Waals surface area contributed by atoms with E-state index in [4.69, 9.17) is 14.2 Å². The van der Waals surface area contributed by atoms with Crippen molar-refractivity contribution in [1.82, 2.24) is 15.1 Å².